The maximum Gasteiger partial charge on any atom is 0.281 e. The lowest BCUT2D eigenvalue weighted by Crippen LogP contribution is -2.47. The first-order valence-corrected chi connectivity index (χ1v) is 5.34. The number of benzene rings is 1. The standard InChI is InChI=1S/C10H7FINO2/c1-13-8(14)6-4-2-3-5-7(6)10(11,12)9(13)15/h2-5H,1H3. The summed E-state index contributed by atoms with van der Waals surface area (Å²) in [7, 11) is 1.29. The molecule has 2 amide bonds. The van der Waals surface area contributed by atoms with Crippen molar-refractivity contribution in [2.45, 2.75) is 3.68 Å². The zero-order valence-electron chi connectivity index (χ0n) is 7.83. The molecule has 0 spiro atoms. The average Bonchev–Trinajstić information content (AvgIpc) is 2.24. The first-order chi connectivity index (χ1) is 6.96. The van der Waals surface area contributed by atoms with Gasteiger partial charge in [0.05, 0.1) is 0 Å². The molecular formula is C10H7FINO2. The smallest absolute Gasteiger partial charge is 0.278 e. The second kappa shape index (κ2) is 3.26. The number of likely N-dealkylation sites (N-methyl/N-ethyl adjacent to an activating group) is 1. The second-order valence-electron chi connectivity index (χ2n) is 3.29. The van der Waals surface area contributed by atoms with E-state index in [2.05, 4.69) is 0 Å². The van der Waals surface area contributed by atoms with E-state index in [9.17, 15) is 14.0 Å². The van der Waals surface area contributed by atoms with E-state index in [1.54, 1.807) is 12.1 Å². The highest BCUT2D eigenvalue weighted by atomic mass is 127. The summed E-state index contributed by atoms with van der Waals surface area (Å²) < 4.78 is 12.0. The summed E-state index contributed by atoms with van der Waals surface area (Å²) >= 11 is 1.42. The summed E-state index contributed by atoms with van der Waals surface area (Å²) in [6.07, 6.45) is 0. The Bertz CT molecular complexity index is 458. The van der Waals surface area contributed by atoms with Crippen LogP contribution in [0.4, 0.5) is 4.39 Å². The molecule has 0 N–H and O–H groups in total. The van der Waals surface area contributed by atoms with Gasteiger partial charge in [0.15, 0.2) is 0 Å². The molecule has 1 atom stereocenters. The SMILES string of the molecule is CN1C(=O)c2ccccc2C(F)(I)C1=O. The summed E-state index contributed by atoms with van der Waals surface area (Å²) in [6.45, 7) is 0. The lowest BCUT2D eigenvalue weighted by atomic mass is 9.97. The van der Waals surface area contributed by atoms with E-state index in [0.29, 0.717) is 0 Å². The van der Waals surface area contributed by atoms with E-state index in [1.807, 2.05) is 0 Å². The predicted octanol–water partition coefficient (Wildman–Crippen LogP) is 1.86. The normalized spacial score (nSPS) is 25.4. The summed E-state index contributed by atoms with van der Waals surface area (Å²) in [6, 6.07) is 6.24. The Morgan fingerprint density at radius 3 is 2.60 bits per heavy atom. The molecule has 1 aromatic rings. The van der Waals surface area contributed by atoms with Gasteiger partial charge in [-0.1, -0.05) is 18.2 Å². The average molecular weight is 319 g/mol. The number of fused-ring (bicyclic) bond motifs is 1. The molecule has 1 unspecified atom stereocenters. The van der Waals surface area contributed by atoms with Crippen molar-refractivity contribution in [3.8, 4) is 0 Å². The van der Waals surface area contributed by atoms with Crippen LogP contribution in [0.25, 0.3) is 0 Å². The van der Waals surface area contributed by atoms with E-state index in [0.717, 1.165) is 4.90 Å². The third-order valence-corrected chi connectivity index (χ3v) is 3.42. The lowest BCUT2D eigenvalue weighted by Gasteiger charge is -2.30. The molecule has 0 radical (unpaired) electrons. The molecule has 5 heteroatoms. The fourth-order valence-electron chi connectivity index (χ4n) is 1.54. The van der Waals surface area contributed by atoms with Crippen molar-refractivity contribution in [1.29, 1.82) is 0 Å². The molecular weight excluding hydrogens is 312 g/mol. The van der Waals surface area contributed by atoms with Crippen LogP contribution in [0.5, 0.6) is 0 Å². The molecule has 0 saturated heterocycles. The summed E-state index contributed by atoms with van der Waals surface area (Å²) in [4.78, 5) is 24.0. The quantitative estimate of drug-likeness (QED) is 0.416. The maximum atomic E-state index is 14.1. The highest BCUT2D eigenvalue weighted by molar-refractivity contribution is 14.1. The van der Waals surface area contributed by atoms with Crippen LogP contribution in [0.15, 0.2) is 24.3 Å². The van der Waals surface area contributed by atoms with Gasteiger partial charge in [-0.3, -0.25) is 14.5 Å². The molecule has 2 rings (SSSR count). The van der Waals surface area contributed by atoms with Crippen LogP contribution in [0.2, 0.25) is 0 Å². The Morgan fingerprint density at radius 1 is 1.33 bits per heavy atom. The van der Waals surface area contributed by atoms with Crippen molar-refractivity contribution in [3.05, 3.63) is 35.4 Å². The van der Waals surface area contributed by atoms with Gasteiger partial charge >= 0.3 is 0 Å². The van der Waals surface area contributed by atoms with E-state index in [1.165, 1.54) is 41.8 Å². The minimum atomic E-state index is -2.14. The van der Waals surface area contributed by atoms with Crippen molar-refractivity contribution in [2.75, 3.05) is 7.05 Å². The molecule has 1 heterocycles. The number of rotatable bonds is 0. The van der Waals surface area contributed by atoms with Crippen LogP contribution in [0.1, 0.15) is 15.9 Å². The highest BCUT2D eigenvalue weighted by Gasteiger charge is 2.48. The number of halogens is 2. The van der Waals surface area contributed by atoms with Gasteiger partial charge < -0.3 is 0 Å². The van der Waals surface area contributed by atoms with Gasteiger partial charge in [0.1, 0.15) is 0 Å². The number of hydrogen-bond acceptors (Lipinski definition) is 2. The van der Waals surface area contributed by atoms with Crippen molar-refractivity contribution < 1.29 is 14.0 Å². The van der Waals surface area contributed by atoms with Crippen molar-refractivity contribution >= 4 is 34.4 Å². The zero-order valence-corrected chi connectivity index (χ0v) is 9.99. The molecule has 0 saturated carbocycles. The van der Waals surface area contributed by atoms with E-state index < -0.39 is 15.5 Å². The van der Waals surface area contributed by atoms with Gasteiger partial charge in [-0.25, -0.2) is 4.39 Å². The van der Waals surface area contributed by atoms with Gasteiger partial charge in [0.2, 0.25) is 0 Å². The number of imide groups is 1. The molecule has 0 aliphatic carbocycles. The fourth-order valence-corrected chi connectivity index (χ4v) is 2.37. The number of nitrogens with zero attached hydrogens (tertiary/aromatic N) is 1. The van der Waals surface area contributed by atoms with E-state index in [-0.39, 0.29) is 11.1 Å². The predicted molar refractivity (Wildman–Crippen MR) is 60.3 cm³/mol. The first-order valence-electron chi connectivity index (χ1n) is 4.26. The first kappa shape index (κ1) is 10.5. The number of alkyl halides is 2. The maximum absolute atomic E-state index is 14.1. The molecule has 1 aliphatic rings. The Kier molecular flexibility index (Phi) is 2.29. The van der Waals surface area contributed by atoms with Crippen LogP contribution in [-0.2, 0) is 8.47 Å². The molecule has 0 aromatic heterocycles. The molecule has 3 nitrogen and oxygen atoms in total. The van der Waals surface area contributed by atoms with Gasteiger partial charge in [-0.15, -0.1) is 0 Å². The third-order valence-electron chi connectivity index (χ3n) is 2.37. The number of carbonyl (C=O) groups excluding carboxylic acids is 2. The van der Waals surface area contributed by atoms with Crippen molar-refractivity contribution in [3.63, 3.8) is 0 Å². The number of amides is 2. The van der Waals surface area contributed by atoms with Crippen LogP contribution in [-0.4, -0.2) is 23.8 Å². The fraction of sp³-hybridized carbons (Fsp3) is 0.200. The Morgan fingerprint density at radius 2 is 1.93 bits per heavy atom. The zero-order chi connectivity index (χ0) is 11.2. The van der Waals surface area contributed by atoms with Crippen LogP contribution >= 0.6 is 22.6 Å². The summed E-state index contributed by atoms with van der Waals surface area (Å²) in [5, 5.41) is 0. The molecule has 78 valence electrons. The molecule has 1 aliphatic heterocycles. The third kappa shape index (κ3) is 1.37. The number of carbonyl (C=O) groups is 2. The van der Waals surface area contributed by atoms with Gasteiger partial charge in [-0.05, 0) is 28.7 Å². The monoisotopic (exact) mass is 319 g/mol. The van der Waals surface area contributed by atoms with Crippen LogP contribution in [0, 0.1) is 0 Å². The Labute approximate surface area is 99.4 Å². The van der Waals surface area contributed by atoms with Gasteiger partial charge in [0.25, 0.3) is 15.5 Å². The van der Waals surface area contributed by atoms with E-state index in [4.69, 9.17) is 0 Å². The molecule has 0 fully saturated rings. The number of hydrogen-bond donors (Lipinski definition) is 0. The minimum absolute atomic E-state index is 0.138. The Balaban J connectivity index is 2.72. The molecule has 0 bridgehead atoms. The largest absolute Gasteiger partial charge is 0.281 e. The highest BCUT2D eigenvalue weighted by Crippen LogP contribution is 2.41. The van der Waals surface area contributed by atoms with Gasteiger partial charge in [-0.2, -0.15) is 0 Å². The van der Waals surface area contributed by atoms with Crippen LogP contribution < -0.4 is 0 Å². The minimum Gasteiger partial charge on any atom is -0.278 e. The molecule has 15 heavy (non-hydrogen) atoms. The topological polar surface area (TPSA) is 37.4 Å². The van der Waals surface area contributed by atoms with E-state index >= 15 is 0 Å². The lowest BCUT2D eigenvalue weighted by molar-refractivity contribution is -0.134. The summed E-state index contributed by atoms with van der Waals surface area (Å²) in [5.41, 5.74) is 0.384. The van der Waals surface area contributed by atoms with Gasteiger partial charge in [0, 0.05) is 18.2 Å². The van der Waals surface area contributed by atoms with Crippen molar-refractivity contribution in [1.82, 2.24) is 4.90 Å². The summed E-state index contributed by atoms with van der Waals surface area (Å²) in [5.74, 6) is -1.28. The Hall–Kier alpha value is -0.980. The molecule has 1 aromatic carbocycles. The van der Waals surface area contributed by atoms with Crippen molar-refractivity contribution in [2.24, 2.45) is 0 Å². The second-order valence-corrected chi connectivity index (χ2v) is 4.78. The van der Waals surface area contributed by atoms with Crippen LogP contribution in [0.3, 0.4) is 0 Å².